The zero-order valence-corrected chi connectivity index (χ0v) is 25.6. The van der Waals surface area contributed by atoms with Crippen molar-refractivity contribution in [1.29, 1.82) is 0 Å². The first kappa shape index (κ1) is 30.9. The molecule has 1 aliphatic rings. The Balaban J connectivity index is 1.52. The maximum atomic E-state index is 12.6. The highest BCUT2D eigenvalue weighted by Crippen LogP contribution is 2.36. The van der Waals surface area contributed by atoms with Crippen molar-refractivity contribution in [2.75, 3.05) is 60.8 Å². The van der Waals surface area contributed by atoms with E-state index in [1.54, 1.807) is 37.6 Å². The number of amides is 2. The number of piperazine rings is 1. The third kappa shape index (κ3) is 7.51. The Kier molecular flexibility index (Phi) is 9.80. The first-order chi connectivity index (χ1) is 21.9. The molecule has 2 heterocycles. The Morgan fingerprint density at radius 3 is 2.53 bits per heavy atom. The standard InChI is InChI=1S/C34H36N8O3/c1-5-32(44)37-26-12-9-13-28(20-26)42(23-43)33-30(36-24(2)25-10-7-6-8-11-25)22-35-34(39-33)38-29-15-14-27(21-31(29)45-4)41-18-16-40(3)17-19-41/h5-15,20-23H,1,16-19H2,2-4H3,(H,37,44)(H,35,38,39). The van der Waals surface area contributed by atoms with Gasteiger partial charge in [0.1, 0.15) is 11.4 Å². The molecule has 0 saturated carbocycles. The number of anilines is 6. The van der Waals surface area contributed by atoms with Gasteiger partial charge in [0, 0.05) is 49.3 Å². The second-order valence-corrected chi connectivity index (χ2v) is 10.5. The monoisotopic (exact) mass is 604 g/mol. The summed E-state index contributed by atoms with van der Waals surface area (Å²) < 4.78 is 5.73. The van der Waals surface area contributed by atoms with Crippen LogP contribution in [0.3, 0.4) is 0 Å². The maximum absolute atomic E-state index is 12.6. The van der Waals surface area contributed by atoms with Crippen molar-refractivity contribution in [3.8, 4) is 5.75 Å². The minimum atomic E-state index is -0.366. The van der Waals surface area contributed by atoms with Gasteiger partial charge in [0.2, 0.25) is 18.3 Å². The van der Waals surface area contributed by atoms with Crippen molar-refractivity contribution in [1.82, 2.24) is 14.9 Å². The zero-order chi connectivity index (χ0) is 31.8. The van der Waals surface area contributed by atoms with Gasteiger partial charge in [-0.2, -0.15) is 4.98 Å². The largest absolute Gasteiger partial charge is 0.494 e. The smallest absolute Gasteiger partial charge is 0.247 e. The van der Waals surface area contributed by atoms with E-state index < -0.39 is 0 Å². The highest BCUT2D eigenvalue weighted by atomic mass is 16.5. The van der Waals surface area contributed by atoms with Crippen LogP contribution in [0.5, 0.6) is 5.75 Å². The minimum Gasteiger partial charge on any atom is -0.494 e. The Bertz CT molecular complexity index is 1700. The fourth-order valence-corrected chi connectivity index (χ4v) is 4.93. The normalized spacial score (nSPS) is 13.6. The van der Waals surface area contributed by atoms with Gasteiger partial charge in [0.05, 0.1) is 24.7 Å². The number of ether oxygens (including phenoxy) is 1. The van der Waals surface area contributed by atoms with Crippen molar-refractivity contribution in [3.63, 3.8) is 0 Å². The van der Waals surface area contributed by atoms with Crippen LogP contribution >= 0.6 is 0 Å². The molecule has 0 unspecified atom stereocenters. The molecule has 2 amide bonds. The number of aromatic nitrogens is 2. The van der Waals surface area contributed by atoms with Crippen LogP contribution in [0.25, 0.3) is 0 Å². The summed E-state index contributed by atoms with van der Waals surface area (Å²) in [6, 6.07) is 22.5. The topological polar surface area (TPSA) is 115 Å². The van der Waals surface area contributed by atoms with Crippen LogP contribution in [0.15, 0.2) is 96.6 Å². The average Bonchev–Trinajstić information content (AvgIpc) is 3.07. The number of benzene rings is 3. The number of methoxy groups -OCH3 is 1. The van der Waals surface area contributed by atoms with Gasteiger partial charge in [-0.1, -0.05) is 43.0 Å². The summed E-state index contributed by atoms with van der Waals surface area (Å²) in [7, 11) is 3.75. The number of rotatable bonds is 11. The van der Waals surface area contributed by atoms with Crippen LogP contribution in [0.1, 0.15) is 12.5 Å². The number of nitrogens with zero attached hydrogens (tertiary/aromatic N) is 6. The summed E-state index contributed by atoms with van der Waals surface area (Å²) in [6.07, 6.45) is 3.41. The van der Waals surface area contributed by atoms with E-state index in [2.05, 4.69) is 39.0 Å². The van der Waals surface area contributed by atoms with Gasteiger partial charge < -0.3 is 25.2 Å². The van der Waals surface area contributed by atoms with E-state index in [-0.39, 0.29) is 17.7 Å². The first-order valence-corrected chi connectivity index (χ1v) is 14.5. The molecule has 4 aromatic rings. The van der Waals surface area contributed by atoms with E-state index in [1.165, 1.54) is 11.0 Å². The number of hydrogen-bond donors (Lipinski definition) is 2. The van der Waals surface area contributed by atoms with Gasteiger partial charge in [0.25, 0.3) is 0 Å². The average molecular weight is 605 g/mol. The molecule has 0 atom stereocenters. The van der Waals surface area contributed by atoms with E-state index in [1.807, 2.05) is 55.5 Å². The van der Waals surface area contributed by atoms with Crippen LogP contribution in [0.4, 0.5) is 40.2 Å². The molecule has 1 aliphatic heterocycles. The zero-order valence-electron chi connectivity index (χ0n) is 25.6. The summed E-state index contributed by atoms with van der Waals surface area (Å²) in [6.45, 7) is 9.24. The summed E-state index contributed by atoms with van der Waals surface area (Å²) in [4.78, 5) is 44.7. The van der Waals surface area contributed by atoms with Crippen molar-refractivity contribution in [3.05, 3.63) is 97.2 Å². The van der Waals surface area contributed by atoms with E-state index in [0.29, 0.717) is 34.9 Å². The highest BCUT2D eigenvalue weighted by Gasteiger charge is 2.20. The minimum absolute atomic E-state index is 0.245. The van der Waals surface area contributed by atoms with Gasteiger partial charge >= 0.3 is 0 Å². The Labute approximate surface area is 262 Å². The highest BCUT2D eigenvalue weighted by molar-refractivity contribution is 6.02. The third-order valence-electron chi connectivity index (χ3n) is 7.44. The third-order valence-corrected chi connectivity index (χ3v) is 7.44. The number of carbonyl (C=O) groups is 2. The predicted molar refractivity (Wildman–Crippen MR) is 180 cm³/mol. The van der Waals surface area contributed by atoms with Crippen molar-refractivity contribution in [2.24, 2.45) is 4.99 Å². The lowest BCUT2D eigenvalue weighted by molar-refractivity contribution is -0.112. The molecule has 2 N–H and O–H groups in total. The molecule has 230 valence electrons. The molecule has 0 radical (unpaired) electrons. The van der Waals surface area contributed by atoms with Crippen molar-refractivity contribution >= 4 is 58.2 Å². The van der Waals surface area contributed by atoms with Gasteiger partial charge in [-0.25, -0.2) is 9.98 Å². The molecule has 1 saturated heterocycles. The SMILES string of the molecule is C=CC(=O)Nc1cccc(N(C=O)c2nc(Nc3ccc(N4CCN(C)CC4)cc3OC)ncc2N=C(C)c2ccccc2)c1. The number of carbonyl (C=O) groups excluding carboxylic acids is 2. The Morgan fingerprint density at radius 2 is 1.82 bits per heavy atom. The fraction of sp³-hybridized carbons (Fsp3) is 0.206. The molecule has 3 aromatic carbocycles. The molecule has 1 aromatic heterocycles. The molecule has 45 heavy (non-hydrogen) atoms. The lowest BCUT2D eigenvalue weighted by atomic mass is 10.1. The second kappa shape index (κ2) is 14.3. The van der Waals surface area contributed by atoms with E-state index >= 15 is 0 Å². The van der Waals surface area contributed by atoms with Crippen molar-refractivity contribution < 1.29 is 14.3 Å². The number of hydrogen-bond acceptors (Lipinski definition) is 9. The van der Waals surface area contributed by atoms with E-state index in [9.17, 15) is 9.59 Å². The van der Waals surface area contributed by atoms with Gasteiger partial charge in [-0.05, 0) is 55.9 Å². The van der Waals surface area contributed by atoms with Crippen LogP contribution < -0.4 is 25.2 Å². The van der Waals surface area contributed by atoms with Crippen LogP contribution in [0.2, 0.25) is 0 Å². The number of likely N-dealkylation sites (N-methyl/N-ethyl adjacent to an activating group) is 1. The van der Waals surface area contributed by atoms with E-state index in [4.69, 9.17) is 14.7 Å². The second-order valence-electron chi connectivity index (χ2n) is 10.5. The van der Waals surface area contributed by atoms with Crippen LogP contribution in [-0.2, 0) is 9.59 Å². The van der Waals surface area contributed by atoms with Gasteiger partial charge in [-0.3, -0.25) is 14.5 Å². The number of nitrogens with one attached hydrogen (secondary N) is 2. The fourth-order valence-electron chi connectivity index (χ4n) is 4.93. The summed E-state index contributed by atoms with van der Waals surface area (Å²) >= 11 is 0. The summed E-state index contributed by atoms with van der Waals surface area (Å²) in [5.74, 6) is 0.763. The predicted octanol–water partition coefficient (Wildman–Crippen LogP) is 5.54. The Hall–Kier alpha value is -5.55. The molecular weight excluding hydrogens is 568 g/mol. The molecule has 11 nitrogen and oxygen atoms in total. The molecule has 1 fully saturated rings. The lowest BCUT2D eigenvalue weighted by Gasteiger charge is -2.34. The molecule has 0 aliphatic carbocycles. The summed E-state index contributed by atoms with van der Waals surface area (Å²) in [5.41, 5.74) is 4.73. The maximum Gasteiger partial charge on any atom is 0.247 e. The number of aliphatic imine (C=N–C) groups is 1. The molecule has 0 bridgehead atoms. The molecule has 0 spiro atoms. The first-order valence-electron chi connectivity index (χ1n) is 14.5. The van der Waals surface area contributed by atoms with Crippen molar-refractivity contribution in [2.45, 2.75) is 6.92 Å². The lowest BCUT2D eigenvalue weighted by Crippen LogP contribution is -2.44. The summed E-state index contributed by atoms with van der Waals surface area (Å²) in [5, 5.41) is 5.98. The van der Waals surface area contributed by atoms with Gasteiger partial charge in [-0.15, -0.1) is 0 Å². The van der Waals surface area contributed by atoms with Crippen LogP contribution in [-0.4, -0.2) is 73.2 Å². The van der Waals surface area contributed by atoms with E-state index in [0.717, 1.165) is 43.1 Å². The Morgan fingerprint density at radius 1 is 1.04 bits per heavy atom. The van der Waals surface area contributed by atoms with Gasteiger partial charge in [0.15, 0.2) is 5.82 Å². The molecule has 5 rings (SSSR count). The quantitative estimate of drug-likeness (QED) is 0.130. The molecule has 11 heteroatoms. The van der Waals surface area contributed by atoms with Crippen LogP contribution in [0, 0.1) is 0 Å². The molecular formula is C34H36N8O3.